The number of allylic oxidation sites excluding steroid dienone is 3. The number of methoxy groups -OCH3 is 1. The van der Waals surface area contributed by atoms with E-state index >= 15 is 0 Å². The van der Waals surface area contributed by atoms with E-state index in [-0.39, 0.29) is 59.2 Å². The summed E-state index contributed by atoms with van der Waals surface area (Å²) < 4.78 is 24.8. The van der Waals surface area contributed by atoms with Crippen molar-refractivity contribution in [2.75, 3.05) is 7.11 Å². The van der Waals surface area contributed by atoms with Gasteiger partial charge in [-0.25, -0.2) is 0 Å². The molecule has 1 aliphatic rings. The number of rotatable bonds is 16. The molecule has 0 aromatic rings. The molecule has 8 heteroatoms. The van der Waals surface area contributed by atoms with E-state index in [2.05, 4.69) is 82.2 Å². The largest absolute Gasteiger partial charge is 0.458 e. The van der Waals surface area contributed by atoms with Gasteiger partial charge in [0.1, 0.15) is 12.2 Å². The third-order valence-corrected chi connectivity index (χ3v) is 16.7. The monoisotopic (exact) mass is 707 g/mol. The molecule has 49 heavy (non-hydrogen) atoms. The van der Waals surface area contributed by atoms with E-state index < -0.39 is 26.6 Å². The minimum absolute atomic E-state index is 0.0923. The van der Waals surface area contributed by atoms with Crippen LogP contribution in [-0.4, -0.2) is 63.0 Å². The molecule has 0 saturated carbocycles. The summed E-state index contributed by atoms with van der Waals surface area (Å²) in [5, 5.41) is 11.1. The van der Waals surface area contributed by atoms with Gasteiger partial charge in [-0.15, -0.1) is 0 Å². The second-order valence-electron chi connectivity index (χ2n) is 16.5. The van der Waals surface area contributed by atoms with Crippen molar-refractivity contribution >= 4 is 20.3 Å². The van der Waals surface area contributed by atoms with Crippen LogP contribution in [0.2, 0.25) is 17.6 Å². The van der Waals surface area contributed by atoms with Crippen LogP contribution in [0.5, 0.6) is 0 Å². The Bertz CT molecular complexity index is 1100. The van der Waals surface area contributed by atoms with Gasteiger partial charge in [-0.05, 0) is 79.1 Å². The third kappa shape index (κ3) is 14.1. The van der Waals surface area contributed by atoms with Gasteiger partial charge in [0.2, 0.25) is 0 Å². The maximum Gasteiger partial charge on any atom is 0.308 e. The zero-order chi connectivity index (χ0) is 37.7. The molecule has 284 valence electrons. The van der Waals surface area contributed by atoms with Crippen molar-refractivity contribution in [3.8, 4) is 0 Å². The first-order valence-corrected chi connectivity index (χ1v) is 21.4. The lowest BCUT2D eigenvalue weighted by Gasteiger charge is -2.39. The Morgan fingerprint density at radius 1 is 1.10 bits per heavy atom. The first-order valence-electron chi connectivity index (χ1n) is 19.0. The molecule has 1 rings (SSSR count). The summed E-state index contributed by atoms with van der Waals surface area (Å²) in [4.78, 5) is 25.9. The number of carbonyl (C=O) groups is 2. The number of aliphatic hydroxyl groups is 1. The topological polar surface area (TPSA) is 91.3 Å². The molecule has 0 bridgehead atoms. The Labute approximate surface area is 301 Å². The zero-order valence-corrected chi connectivity index (χ0v) is 34.9. The fourth-order valence-electron chi connectivity index (χ4n) is 7.38. The molecule has 0 aromatic carbocycles. The minimum Gasteiger partial charge on any atom is -0.458 e. The fourth-order valence-corrected chi connectivity index (χ4v) is 11.0. The van der Waals surface area contributed by atoms with Crippen LogP contribution in [0.25, 0.3) is 0 Å². The number of cyclic esters (lactones) is 1. The summed E-state index contributed by atoms with van der Waals surface area (Å²) in [5.74, 6) is -0.408. The van der Waals surface area contributed by atoms with E-state index in [1.165, 1.54) is 6.92 Å². The van der Waals surface area contributed by atoms with Gasteiger partial charge < -0.3 is 23.7 Å². The summed E-state index contributed by atoms with van der Waals surface area (Å²) >= 11 is 0. The van der Waals surface area contributed by atoms with Gasteiger partial charge in [0, 0.05) is 25.4 Å². The number of esters is 2. The van der Waals surface area contributed by atoms with Crippen LogP contribution in [0.4, 0.5) is 0 Å². The van der Waals surface area contributed by atoms with Crippen LogP contribution in [0, 0.1) is 28.6 Å². The second kappa shape index (κ2) is 20.3. The summed E-state index contributed by atoms with van der Waals surface area (Å²) in [6, 6.07) is 1.97. The quantitative estimate of drug-likeness (QED) is 0.0739. The fraction of sp³-hybridized carbons (Fsp3) is 0.805. The Morgan fingerprint density at radius 2 is 1.71 bits per heavy atom. The van der Waals surface area contributed by atoms with Crippen molar-refractivity contribution in [1.29, 1.82) is 0 Å². The van der Waals surface area contributed by atoms with Crippen molar-refractivity contribution < 1.29 is 33.3 Å². The SMILES string of the molecule is CCC(OC)C(C)C(C)C(O)CC(C)(C)/C=C/C=C(\C)C1OC(=O)CC(O[Si](CC)(CC)C(C)C)CCC(C)(C)C(OC(C)=O)/C=C/C1C. The number of carbonyl (C=O) groups excluding carboxylic acids is 2. The van der Waals surface area contributed by atoms with Gasteiger partial charge in [0.25, 0.3) is 0 Å². The van der Waals surface area contributed by atoms with Gasteiger partial charge in [0.15, 0.2) is 8.32 Å². The van der Waals surface area contributed by atoms with Gasteiger partial charge in [0.05, 0.1) is 24.7 Å². The van der Waals surface area contributed by atoms with Crippen LogP contribution in [0.1, 0.15) is 129 Å². The van der Waals surface area contributed by atoms with Gasteiger partial charge >= 0.3 is 11.9 Å². The first-order chi connectivity index (χ1) is 22.7. The molecule has 0 saturated heterocycles. The zero-order valence-electron chi connectivity index (χ0n) is 33.9. The maximum absolute atomic E-state index is 13.7. The number of hydrogen-bond acceptors (Lipinski definition) is 7. The molecule has 1 aliphatic heterocycles. The van der Waals surface area contributed by atoms with Crippen LogP contribution in [-0.2, 0) is 28.2 Å². The van der Waals surface area contributed by atoms with E-state index in [1.54, 1.807) is 7.11 Å². The van der Waals surface area contributed by atoms with Crippen molar-refractivity contribution in [3.63, 3.8) is 0 Å². The minimum atomic E-state index is -2.09. The Balaban J connectivity index is 3.42. The lowest BCUT2D eigenvalue weighted by atomic mass is 9.77. The Kier molecular flexibility index (Phi) is 18.8. The molecular weight excluding hydrogens is 633 g/mol. The maximum atomic E-state index is 13.7. The van der Waals surface area contributed by atoms with Crippen LogP contribution < -0.4 is 0 Å². The smallest absolute Gasteiger partial charge is 0.308 e. The Hall–Kier alpha value is -1.74. The lowest BCUT2D eigenvalue weighted by Crippen LogP contribution is -2.45. The molecule has 1 N–H and O–H groups in total. The highest BCUT2D eigenvalue weighted by atomic mass is 28.4. The highest BCUT2D eigenvalue weighted by Crippen LogP contribution is 2.37. The summed E-state index contributed by atoms with van der Waals surface area (Å²) in [6.45, 7) is 29.3. The van der Waals surface area contributed by atoms with Gasteiger partial charge in [-0.2, -0.15) is 0 Å². The first kappa shape index (κ1) is 45.3. The number of aliphatic hydroxyl groups excluding tert-OH is 1. The highest BCUT2D eigenvalue weighted by Gasteiger charge is 2.40. The molecule has 1 heterocycles. The molecule has 0 amide bonds. The molecule has 8 atom stereocenters. The predicted octanol–water partition coefficient (Wildman–Crippen LogP) is 9.99. The second-order valence-corrected chi connectivity index (χ2v) is 21.4. The molecule has 0 aromatic heterocycles. The number of hydrogen-bond donors (Lipinski definition) is 1. The van der Waals surface area contributed by atoms with E-state index in [0.717, 1.165) is 30.5 Å². The molecular formula is C41H74O7Si. The van der Waals surface area contributed by atoms with Crippen molar-refractivity contribution in [3.05, 3.63) is 36.0 Å². The molecule has 7 nitrogen and oxygen atoms in total. The van der Waals surface area contributed by atoms with Gasteiger partial charge in [-0.1, -0.05) is 107 Å². The van der Waals surface area contributed by atoms with E-state index in [0.29, 0.717) is 18.4 Å². The molecule has 8 unspecified atom stereocenters. The predicted molar refractivity (Wildman–Crippen MR) is 205 cm³/mol. The van der Waals surface area contributed by atoms with Crippen molar-refractivity contribution in [1.82, 2.24) is 0 Å². The molecule has 0 spiro atoms. The van der Waals surface area contributed by atoms with Gasteiger partial charge in [-0.3, -0.25) is 9.59 Å². The van der Waals surface area contributed by atoms with Crippen molar-refractivity contribution in [2.24, 2.45) is 28.6 Å². The lowest BCUT2D eigenvalue weighted by molar-refractivity contribution is -0.151. The summed E-state index contributed by atoms with van der Waals surface area (Å²) in [6.07, 6.45) is 11.7. The molecule has 0 aliphatic carbocycles. The normalized spacial score (nSPS) is 26.3. The van der Waals surface area contributed by atoms with Crippen LogP contribution in [0.15, 0.2) is 36.0 Å². The van der Waals surface area contributed by atoms with E-state index in [4.69, 9.17) is 18.6 Å². The summed E-state index contributed by atoms with van der Waals surface area (Å²) in [7, 11) is -0.352. The molecule has 0 radical (unpaired) electrons. The number of ether oxygens (including phenoxy) is 3. The van der Waals surface area contributed by atoms with E-state index in [1.807, 2.05) is 38.2 Å². The Morgan fingerprint density at radius 3 is 2.22 bits per heavy atom. The third-order valence-electron chi connectivity index (χ3n) is 11.4. The molecule has 0 fully saturated rings. The average Bonchev–Trinajstić information content (AvgIpc) is 3.01. The highest BCUT2D eigenvalue weighted by molar-refractivity contribution is 6.75. The summed E-state index contributed by atoms with van der Waals surface area (Å²) in [5.41, 5.74) is 0.719. The van der Waals surface area contributed by atoms with Crippen LogP contribution in [0.3, 0.4) is 0 Å². The average molecular weight is 707 g/mol. The van der Waals surface area contributed by atoms with Crippen molar-refractivity contribution in [2.45, 2.75) is 177 Å². The standard InChI is InChI=1S/C41H74O7Si/c1-16-36(45-15)32(9)31(8)35(43)27-40(11,12)24-19-20-29(6)39-30(7)21-22-37(46-33(10)42)41(13,14)25-23-34(26-38(44)47-39)48-49(17-2,18-3)28(4)5/h19-22,24,28,30-32,34-37,39,43H,16-18,23,25-27H2,1-15H3/b22-21+,24-19+,29-20+. The van der Waals surface area contributed by atoms with E-state index in [9.17, 15) is 14.7 Å². The van der Waals surface area contributed by atoms with Crippen LogP contribution >= 0.6 is 0 Å².